The zero-order chi connectivity index (χ0) is 21.3. The molecule has 1 aliphatic rings. The molecule has 6 heteroatoms. The molecule has 0 aliphatic carbocycles. The van der Waals surface area contributed by atoms with Crippen molar-refractivity contribution in [1.29, 1.82) is 0 Å². The second kappa shape index (κ2) is 8.16. The molecule has 5 nitrogen and oxygen atoms in total. The normalized spacial score (nSPS) is 13.7. The Hall–Kier alpha value is -3.38. The Kier molecular flexibility index (Phi) is 5.42. The number of para-hydroxylation sites is 1. The summed E-state index contributed by atoms with van der Waals surface area (Å²) in [6.45, 7) is 1.75. The van der Waals surface area contributed by atoms with Crippen LogP contribution in [-0.4, -0.2) is 18.9 Å². The van der Waals surface area contributed by atoms with Gasteiger partial charge in [0.25, 0.3) is 0 Å². The summed E-state index contributed by atoms with van der Waals surface area (Å²) < 4.78 is 17.6. The molecule has 0 aromatic heterocycles. The van der Waals surface area contributed by atoms with E-state index in [0.717, 1.165) is 10.0 Å². The number of fused-ring (bicyclic) bond motifs is 1. The molecular weight excluding hydrogens is 448 g/mol. The molecule has 0 saturated carbocycles. The van der Waals surface area contributed by atoms with E-state index in [4.69, 9.17) is 14.2 Å². The first-order valence-corrected chi connectivity index (χ1v) is 9.96. The second-order valence-corrected chi connectivity index (χ2v) is 7.56. The summed E-state index contributed by atoms with van der Waals surface area (Å²) in [6, 6.07) is 17.4. The van der Waals surface area contributed by atoms with Gasteiger partial charge in [0.15, 0.2) is 5.76 Å². The number of carbonyl (C=O) groups is 2. The highest BCUT2D eigenvalue weighted by Gasteiger charge is 2.30. The Morgan fingerprint density at radius 2 is 1.73 bits per heavy atom. The minimum Gasteiger partial charge on any atom is -0.496 e. The Bertz CT molecular complexity index is 1180. The van der Waals surface area contributed by atoms with Crippen LogP contribution in [0, 0.1) is 6.92 Å². The molecule has 3 aromatic rings. The van der Waals surface area contributed by atoms with E-state index in [1.807, 2.05) is 24.3 Å². The van der Waals surface area contributed by atoms with Gasteiger partial charge in [0.05, 0.1) is 18.2 Å². The molecule has 30 heavy (non-hydrogen) atoms. The van der Waals surface area contributed by atoms with Gasteiger partial charge in [0.1, 0.15) is 17.2 Å². The van der Waals surface area contributed by atoms with Crippen molar-refractivity contribution >= 4 is 33.8 Å². The van der Waals surface area contributed by atoms with Crippen molar-refractivity contribution in [3.05, 3.63) is 93.1 Å². The third kappa shape index (κ3) is 3.74. The van der Waals surface area contributed by atoms with E-state index in [0.29, 0.717) is 33.9 Å². The quantitative estimate of drug-likeness (QED) is 0.285. The summed E-state index contributed by atoms with van der Waals surface area (Å²) in [5.74, 6) is 0.840. The average molecular weight is 465 g/mol. The smallest absolute Gasteiger partial charge is 0.343 e. The van der Waals surface area contributed by atoms with Crippen LogP contribution in [0.1, 0.15) is 31.8 Å². The fraction of sp³-hybridized carbons (Fsp3) is 0.0833. The monoisotopic (exact) mass is 464 g/mol. The number of benzene rings is 3. The third-order valence-electron chi connectivity index (χ3n) is 4.74. The number of hydrogen-bond donors (Lipinski definition) is 0. The van der Waals surface area contributed by atoms with Crippen molar-refractivity contribution in [1.82, 2.24) is 0 Å². The maximum Gasteiger partial charge on any atom is 0.343 e. The Morgan fingerprint density at radius 3 is 2.47 bits per heavy atom. The average Bonchev–Trinajstić information content (AvgIpc) is 3.07. The molecule has 1 aliphatic heterocycles. The molecule has 0 bridgehead atoms. The Morgan fingerprint density at radius 1 is 1.00 bits per heavy atom. The fourth-order valence-corrected chi connectivity index (χ4v) is 3.41. The van der Waals surface area contributed by atoms with Crippen molar-refractivity contribution in [3.8, 4) is 17.2 Å². The van der Waals surface area contributed by atoms with Crippen LogP contribution < -0.4 is 14.2 Å². The number of Topliss-reactive ketones (excluding diaryl/α,β-unsaturated/α-hetero) is 1. The molecule has 0 N–H and O–H groups in total. The molecule has 0 saturated heterocycles. The van der Waals surface area contributed by atoms with Crippen LogP contribution in [0.4, 0.5) is 0 Å². The topological polar surface area (TPSA) is 61.8 Å². The molecule has 3 aromatic carbocycles. The highest BCUT2D eigenvalue weighted by atomic mass is 79.9. The lowest BCUT2D eigenvalue weighted by Crippen LogP contribution is -2.09. The van der Waals surface area contributed by atoms with Crippen molar-refractivity contribution in [2.24, 2.45) is 0 Å². The number of halogens is 1. The first-order valence-electron chi connectivity index (χ1n) is 9.16. The molecule has 0 fully saturated rings. The summed E-state index contributed by atoms with van der Waals surface area (Å²) in [4.78, 5) is 25.2. The molecule has 1 heterocycles. The summed E-state index contributed by atoms with van der Waals surface area (Å²) >= 11 is 3.34. The molecule has 4 rings (SSSR count). The molecule has 0 amide bonds. The molecule has 0 atom stereocenters. The number of esters is 1. The van der Waals surface area contributed by atoms with Crippen molar-refractivity contribution in [2.45, 2.75) is 6.92 Å². The minimum absolute atomic E-state index is 0.189. The van der Waals surface area contributed by atoms with Gasteiger partial charge >= 0.3 is 5.97 Å². The number of allylic oxidation sites excluding steroid dienone is 1. The van der Waals surface area contributed by atoms with Gasteiger partial charge in [0.2, 0.25) is 5.78 Å². The summed E-state index contributed by atoms with van der Waals surface area (Å²) in [5.41, 5.74) is 2.16. The zero-order valence-corrected chi connectivity index (χ0v) is 17.9. The minimum atomic E-state index is -0.486. The van der Waals surface area contributed by atoms with E-state index in [2.05, 4.69) is 15.9 Å². The van der Waals surface area contributed by atoms with E-state index in [1.165, 1.54) is 0 Å². The number of carbonyl (C=O) groups excluding carboxylic acids is 2. The number of hydrogen-bond acceptors (Lipinski definition) is 5. The molecule has 0 spiro atoms. The van der Waals surface area contributed by atoms with Crippen molar-refractivity contribution in [3.63, 3.8) is 0 Å². The molecule has 0 unspecified atom stereocenters. The first kappa shape index (κ1) is 19.9. The SMILES string of the molecule is COc1ccccc1/C=C1\Oc2c(ccc(OC(=O)c3ccc(Br)cc3)c2C)C1=O. The van der Waals surface area contributed by atoms with Crippen molar-refractivity contribution < 1.29 is 23.8 Å². The third-order valence-corrected chi connectivity index (χ3v) is 5.27. The van der Waals surface area contributed by atoms with Crippen LogP contribution in [0.2, 0.25) is 0 Å². The lowest BCUT2D eigenvalue weighted by molar-refractivity contribution is 0.0733. The second-order valence-electron chi connectivity index (χ2n) is 6.64. The van der Waals surface area contributed by atoms with Crippen LogP contribution in [0.5, 0.6) is 17.2 Å². The van der Waals surface area contributed by atoms with Gasteiger partial charge in [-0.1, -0.05) is 34.1 Å². The van der Waals surface area contributed by atoms with Gasteiger partial charge in [0, 0.05) is 15.6 Å². The predicted molar refractivity (Wildman–Crippen MR) is 116 cm³/mol. The summed E-state index contributed by atoms with van der Waals surface area (Å²) in [6.07, 6.45) is 1.65. The van der Waals surface area contributed by atoms with Gasteiger partial charge in [-0.25, -0.2) is 4.79 Å². The number of rotatable bonds is 4. The van der Waals surface area contributed by atoms with Crippen LogP contribution in [0.25, 0.3) is 6.08 Å². The van der Waals surface area contributed by atoms with Crippen LogP contribution in [0.3, 0.4) is 0 Å². The van der Waals surface area contributed by atoms with Crippen molar-refractivity contribution in [2.75, 3.05) is 7.11 Å². The fourth-order valence-electron chi connectivity index (χ4n) is 3.15. The molecule has 0 radical (unpaired) electrons. The van der Waals surface area contributed by atoms with E-state index in [1.54, 1.807) is 56.5 Å². The number of methoxy groups -OCH3 is 1. The van der Waals surface area contributed by atoms with Gasteiger partial charge in [-0.2, -0.15) is 0 Å². The number of ether oxygens (including phenoxy) is 3. The maximum absolute atomic E-state index is 12.8. The lowest BCUT2D eigenvalue weighted by Gasteiger charge is -2.10. The Labute approximate surface area is 182 Å². The van der Waals surface area contributed by atoms with Gasteiger partial charge in [-0.3, -0.25) is 4.79 Å². The van der Waals surface area contributed by atoms with Crippen LogP contribution >= 0.6 is 15.9 Å². The number of ketones is 1. The largest absolute Gasteiger partial charge is 0.496 e. The van der Waals surface area contributed by atoms with E-state index < -0.39 is 5.97 Å². The van der Waals surface area contributed by atoms with Crippen LogP contribution in [-0.2, 0) is 0 Å². The van der Waals surface area contributed by atoms with Crippen LogP contribution in [0.15, 0.2) is 70.9 Å². The first-order chi connectivity index (χ1) is 14.5. The maximum atomic E-state index is 12.8. The van der Waals surface area contributed by atoms with E-state index >= 15 is 0 Å². The summed E-state index contributed by atoms with van der Waals surface area (Å²) in [5, 5.41) is 0. The summed E-state index contributed by atoms with van der Waals surface area (Å²) in [7, 11) is 1.57. The highest BCUT2D eigenvalue weighted by molar-refractivity contribution is 9.10. The highest BCUT2D eigenvalue weighted by Crippen LogP contribution is 2.40. The van der Waals surface area contributed by atoms with Gasteiger partial charge < -0.3 is 14.2 Å². The van der Waals surface area contributed by atoms with E-state index in [9.17, 15) is 9.59 Å². The van der Waals surface area contributed by atoms with Gasteiger partial charge in [-0.05, 0) is 55.5 Å². The zero-order valence-electron chi connectivity index (χ0n) is 16.3. The van der Waals surface area contributed by atoms with E-state index in [-0.39, 0.29) is 11.5 Å². The Balaban J connectivity index is 1.62. The molecular formula is C24H17BrO5. The molecule has 150 valence electrons. The lowest BCUT2D eigenvalue weighted by atomic mass is 10.1. The predicted octanol–water partition coefficient (Wildman–Crippen LogP) is 5.60. The standard InChI is InChI=1S/C24H17BrO5/c1-14-19(30-24(27)15-7-9-17(25)10-8-15)12-11-18-22(26)21(29-23(14)18)13-16-5-3-4-6-20(16)28-2/h3-13H,1-2H3/b21-13-. The van der Waals surface area contributed by atoms with Gasteiger partial charge in [-0.15, -0.1) is 0 Å².